The fraction of sp³-hybridized carbons (Fsp3) is 0.647. The van der Waals surface area contributed by atoms with Crippen LogP contribution in [0.3, 0.4) is 0 Å². The highest BCUT2D eigenvalue weighted by molar-refractivity contribution is 5.38. The van der Waals surface area contributed by atoms with Gasteiger partial charge < -0.3 is 10.1 Å². The summed E-state index contributed by atoms with van der Waals surface area (Å²) in [6.45, 7) is 1.76. The summed E-state index contributed by atoms with van der Waals surface area (Å²) in [6, 6.07) is 7.34. The molecule has 0 atom stereocenters. The Bertz CT molecular complexity index is 410. The first kappa shape index (κ1) is 13.0. The molecule has 0 aromatic heterocycles. The second-order valence-electron chi connectivity index (χ2n) is 5.92. The zero-order chi connectivity index (χ0) is 12.9. The predicted molar refractivity (Wildman–Crippen MR) is 78.8 cm³/mol. The third-order valence-electron chi connectivity index (χ3n) is 4.48. The molecular weight excluding hydrogens is 234 g/mol. The molecule has 0 radical (unpaired) electrons. The van der Waals surface area contributed by atoms with Gasteiger partial charge in [0.15, 0.2) is 0 Å². The van der Waals surface area contributed by atoms with Crippen molar-refractivity contribution < 1.29 is 4.74 Å². The monoisotopic (exact) mass is 259 g/mol. The smallest absolute Gasteiger partial charge is 0.119 e. The van der Waals surface area contributed by atoms with Crippen LogP contribution < -0.4 is 10.1 Å². The van der Waals surface area contributed by atoms with E-state index in [-0.39, 0.29) is 0 Å². The van der Waals surface area contributed by atoms with Gasteiger partial charge in [-0.05, 0) is 55.4 Å². The molecule has 0 amide bonds. The van der Waals surface area contributed by atoms with Crippen LogP contribution in [-0.4, -0.2) is 19.2 Å². The van der Waals surface area contributed by atoms with E-state index in [1.807, 2.05) is 0 Å². The van der Waals surface area contributed by atoms with Crippen LogP contribution in [0.5, 0.6) is 5.75 Å². The highest BCUT2D eigenvalue weighted by atomic mass is 16.5. The first-order chi connectivity index (χ1) is 9.42. The van der Waals surface area contributed by atoms with Crippen molar-refractivity contribution in [2.24, 2.45) is 0 Å². The second kappa shape index (κ2) is 6.42. The van der Waals surface area contributed by atoms with Crippen molar-refractivity contribution in [1.82, 2.24) is 5.32 Å². The summed E-state index contributed by atoms with van der Waals surface area (Å²) in [5.41, 5.74) is 3.02. The van der Waals surface area contributed by atoms with Crippen molar-refractivity contribution in [3.8, 4) is 5.75 Å². The van der Waals surface area contributed by atoms with Gasteiger partial charge in [-0.25, -0.2) is 0 Å². The molecule has 104 valence electrons. The zero-order valence-corrected chi connectivity index (χ0v) is 11.8. The lowest BCUT2D eigenvalue weighted by molar-refractivity contribution is 0.289. The standard InChI is InChI=1S/C17H25NO/c1-2-7-16(8-3-1)18-11-12-19-17-10-9-14-5-4-6-15(14)13-17/h9-10,13,16,18H,1-8,11-12H2. The summed E-state index contributed by atoms with van der Waals surface area (Å²) >= 11 is 0. The Morgan fingerprint density at radius 1 is 1.00 bits per heavy atom. The van der Waals surface area contributed by atoms with Crippen LogP contribution in [0.25, 0.3) is 0 Å². The minimum Gasteiger partial charge on any atom is -0.492 e. The topological polar surface area (TPSA) is 21.3 Å². The number of benzene rings is 1. The molecule has 0 bridgehead atoms. The van der Waals surface area contributed by atoms with E-state index in [9.17, 15) is 0 Å². The lowest BCUT2D eigenvalue weighted by atomic mass is 9.96. The first-order valence-electron chi connectivity index (χ1n) is 7.90. The number of aryl methyl sites for hydroxylation is 2. The fourth-order valence-corrected chi connectivity index (χ4v) is 3.38. The lowest BCUT2D eigenvalue weighted by Gasteiger charge is -2.22. The maximum absolute atomic E-state index is 5.86. The Kier molecular flexibility index (Phi) is 4.39. The van der Waals surface area contributed by atoms with Gasteiger partial charge in [0, 0.05) is 12.6 Å². The van der Waals surface area contributed by atoms with E-state index >= 15 is 0 Å². The number of hydrogen-bond donors (Lipinski definition) is 1. The maximum atomic E-state index is 5.86. The molecule has 1 aromatic carbocycles. The molecule has 1 N–H and O–H groups in total. The molecule has 2 aliphatic rings. The third kappa shape index (κ3) is 3.50. The first-order valence-corrected chi connectivity index (χ1v) is 7.90. The summed E-state index contributed by atoms with van der Waals surface area (Å²) in [5.74, 6) is 1.05. The molecule has 19 heavy (non-hydrogen) atoms. The highest BCUT2D eigenvalue weighted by Gasteiger charge is 2.13. The van der Waals surface area contributed by atoms with Gasteiger partial charge >= 0.3 is 0 Å². The van der Waals surface area contributed by atoms with Crippen molar-refractivity contribution in [3.05, 3.63) is 29.3 Å². The average Bonchev–Trinajstić information content (AvgIpc) is 2.92. The molecule has 1 saturated carbocycles. The summed E-state index contributed by atoms with van der Waals surface area (Å²) in [7, 11) is 0. The molecule has 2 nitrogen and oxygen atoms in total. The molecule has 2 aliphatic carbocycles. The summed E-state index contributed by atoms with van der Waals surface area (Å²) in [4.78, 5) is 0. The van der Waals surface area contributed by atoms with E-state index in [4.69, 9.17) is 4.74 Å². The molecule has 2 heteroatoms. The van der Waals surface area contributed by atoms with Crippen LogP contribution in [-0.2, 0) is 12.8 Å². The number of nitrogens with one attached hydrogen (secondary N) is 1. The molecule has 1 fully saturated rings. The van der Waals surface area contributed by atoms with Crippen LogP contribution >= 0.6 is 0 Å². The lowest BCUT2D eigenvalue weighted by Crippen LogP contribution is -2.34. The molecule has 0 heterocycles. The van der Waals surface area contributed by atoms with E-state index in [1.54, 1.807) is 0 Å². The van der Waals surface area contributed by atoms with Gasteiger partial charge in [-0.3, -0.25) is 0 Å². The second-order valence-corrected chi connectivity index (χ2v) is 5.92. The van der Waals surface area contributed by atoms with Crippen molar-refractivity contribution >= 4 is 0 Å². The Morgan fingerprint density at radius 3 is 2.74 bits per heavy atom. The molecule has 0 spiro atoms. The van der Waals surface area contributed by atoms with E-state index in [0.29, 0.717) is 0 Å². The van der Waals surface area contributed by atoms with Gasteiger partial charge in [-0.2, -0.15) is 0 Å². The summed E-state index contributed by atoms with van der Waals surface area (Å²) in [6.07, 6.45) is 10.7. The molecular formula is C17H25NO. The molecule has 1 aromatic rings. The van der Waals surface area contributed by atoms with Crippen molar-refractivity contribution in [2.45, 2.75) is 57.4 Å². The molecule has 0 unspecified atom stereocenters. The predicted octanol–water partition coefficient (Wildman–Crippen LogP) is 3.48. The van der Waals surface area contributed by atoms with Crippen LogP contribution in [0.15, 0.2) is 18.2 Å². The van der Waals surface area contributed by atoms with Gasteiger partial charge in [0.1, 0.15) is 12.4 Å². The zero-order valence-electron chi connectivity index (χ0n) is 11.8. The minimum absolute atomic E-state index is 0.734. The Balaban J connectivity index is 1.40. The van der Waals surface area contributed by atoms with E-state index in [1.165, 1.54) is 62.5 Å². The Morgan fingerprint density at radius 2 is 1.84 bits per heavy atom. The van der Waals surface area contributed by atoms with Gasteiger partial charge in [-0.15, -0.1) is 0 Å². The average molecular weight is 259 g/mol. The van der Waals surface area contributed by atoms with Gasteiger partial charge in [0.05, 0.1) is 0 Å². The molecule has 3 rings (SSSR count). The van der Waals surface area contributed by atoms with Crippen LogP contribution in [0.4, 0.5) is 0 Å². The van der Waals surface area contributed by atoms with Crippen LogP contribution in [0, 0.1) is 0 Å². The minimum atomic E-state index is 0.734. The van der Waals surface area contributed by atoms with Crippen molar-refractivity contribution in [3.63, 3.8) is 0 Å². The highest BCUT2D eigenvalue weighted by Crippen LogP contribution is 2.25. The normalized spacial score (nSPS) is 19.4. The van der Waals surface area contributed by atoms with E-state index < -0.39 is 0 Å². The quantitative estimate of drug-likeness (QED) is 0.817. The SMILES string of the molecule is c1cc2c(cc1OCCNC1CCCCC1)CCC2. The summed E-state index contributed by atoms with van der Waals surface area (Å²) in [5, 5.41) is 3.62. The Hall–Kier alpha value is -1.02. The fourth-order valence-electron chi connectivity index (χ4n) is 3.38. The maximum Gasteiger partial charge on any atom is 0.119 e. The number of fused-ring (bicyclic) bond motifs is 1. The van der Waals surface area contributed by atoms with Gasteiger partial charge in [0.25, 0.3) is 0 Å². The number of hydrogen-bond acceptors (Lipinski definition) is 2. The number of ether oxygens (including phenoxy) is 1. The van der Waals surface area contributed by atoms with Crippen molar-refractivity contribution in [2.75, 3.05) is 13.2 Å². The molecule has 0 saturated heterocycles. The largest absolute Gasteiger partial charge is 0.492 e. The van der Waals surface area contributed by atoms with E-state index in [2.05, 4.69) is 23.5 Å². The number of rotatable bonds is 5. The van der Waals surface area contributed by atoms with Crippen LogP contribution in [0.1, 0.15) is 49.7 Å². The Labute approximate surface area is 116 Å². The van der Waals surface area contributed by atoms with Crippen LogP contribution in [0.2, 0.25) is 0 Å². The molecule has 0 aliphatic heterocycles. The van der Waals surface area contributed by atoms with E-state index in [0.717, 1.165) is 24.9 Å². The third-order valence-corrected chi connectivity index (χ3v) is 4.48. The van der Waals surface area contributed by atoms with Gasteiger partial charge in [0.2, 0.25) is 0 Å². The summed E-state index contributed by atoms with van der Waals surface area (Å²) < 4.78 is 5.86. The van der Waals surface area contributed by atoms with Crippen molar-refractivity contribution in [1.29, 1.82) is 0 Å². The van der Waals surface area contributed by atoms with Gasteiger partial charge in [-0.1, -0.05) is 25.3 Å².